The van der Waals surface area contributed by atoms with Gasteiger partial charge in [0, 0.05) is 44.3 Å². The third-order valence-electron chi connectivity index (χ3n) is 8.82. The Morgan fingerprint density at radius 2 is 1.70 bits per heavy atom. The predicted octanol–water partition coefficient (Wildman–Crippen LogP) is 5.11. The van der Waals surface area contributed by atoms with Crippen molar-refractivity contribution in [1.82, 2.24) is 14.8 Å². The number of halogens is 4. The molecule has 1 aliphatic carbocycles. The number of piperazine rings is 1. The molecule has 0 spiro atoms. The maximum Gasteiger partial charge on any atom is 0.573 e. The Bertz CT molecular complexity index is 1530. The van der Waals surface area contributed by atoms with Crippen LogP contribution in [-0.2, 0) is 6.54 Å². The van der Waals surface area contributed by atoms with Gasteiger partial charge in [0.1, 0.15) is 22.9 Å². The quantitative estimate of drug-likeness (QED) is 0.296. The van der Waals surface area contributed by atoms with Crippen LogP contribution in [-0.4, -0.2) is 72.0 Å². The van der Waals surface area contributed by atoms with Crippen LogP contribution >= 0.6 is 11.6 Å². The van der Waals surface area contributed by atoms with Crippen LogP contribution in [0.2, 0.25) is 5.02 Å². The third kappa shape index (κ3) is 6.97. The fourth-order valence-electron chi connectivity index (χ4n) is 6.33. The molecule has 44 heavy (non-hydrogen) atoms. The molecule has 3 aromatic rings. The van der Waals surface area contributed by atoms with Crippen LogP contribution in [0, 0.1) is 0 Å². The van der Waals surface area contributed by atoms with Crippen LogP contribution in [0.4, 0.5) is 36.1 Å². The van der Waals surface area contributed by atoms with Crippen molar-refractivity contribution in [3.05, 3.63) is 67.6 Å². The van der Waals surface area contributed by atoms with E-state index < -0.39 is 17.2 Å². The van der Waals surface area contributed by atoms with Gasteiger partial charge in [0.25, 0.3) is 10.9 Å². The zero-order valence-corrected chi connectivity index (χ0v) is 25.3. The number of piperidine rings is 1. The lowest BCUT2D eigenvalue weighted by Crippen LogP contribution is -2.58. The van der Waals surface area contributed by atoms with Gasteiger partial charge in [0.05, 0.1) is 16.9 Å². The molecular weight excluding hydrogens is 597 g/mol. The first-order valence-corrected chi connectivity index (χ1v) is 15.6. The molecule has 0 bridgehead atoms. The van der Waals surface area contributed by atoms with Crippen LogP contribution in [0.5, 0.6) is 5.75 Å². The fraction of sp³-hybridized carbons (Fsp3) is 0.516. The molecule has 3 aliphatic rings. The van der Waals surface area contributed by atoms with Crippen LogP contribution in [0.1, 0.15) is 44.6 Å². The van der Waals surface area contributed by atoms with E-state index in [-0.39, 0.29) is 17.5 Å². The average Bonchev–Trinajstić information content (AvgIpc) is 3.84. The summed E-state index contributed by atoms with van der Waals surface area (Å²) in [5.74, 6) is 0.502. The number of anilines is 4. The van der Waals surface area contributed by atoms with E-state index in [1.807, 2.05) is 0 Å². The largest absolute Gasteiger partial charge is 0.573 e. The number of rotatable bonds is 10. The van der Waals surface area contributed by atoms with Crippen molar-refractivity contribution in [1.29, 1.82) is 0 Å². The van der Waals surface area contributed by atoms with Gasteiger partial charge in [-0.1, -0.05) is 30.7 Å². The van der Waals surface area contributed by atoms with Crippen molar-refractivity contribution in [2.45, 2.75) is 70.1 Å². The van der Waals surface area contributed by atoms with E-state index in [0.717, 1.165) is 70.4 Å². The number of benzene rings is 1. The van der Waals surface area contributed by atoms with E-state index in [4.69, 9.17) is 11.6 Å². The highest BCUT2D eigenvalue weighted by molar-refractivity contribution is 6.33. The lowest BCUT2D eigenvalue weighted by molar-refractivity contribution is -0.274. The van der Waals surface area contributed by atoms with Crippen LogP contribution in [0.15, 0.2) is 46.1 Å². The van der Waals surface area contributed by atoms with Gasteiger partial charge in [0.2, 0.25) is 0 Å². The predicted molar refractivity (Wildman–Crippen MR) is 165 cm³/mol. The Morgan fingerprint density at radius 1 is 1.00 bits per heavy atom. The molecule has 1 saturated carbocycles. The van der Waals surface area contributed by atoms with E-state index in [1.165, 1.54) is 12.1 Å². The molecule has 2 saturated heterocycles. The number of nitrogens with one attached hydrogen (secondary N) is 2. The zero-order chi connectivity index (χ0) is 31.0. The molecule has 0 unspecified atom stereocenters. The molecule has 6 rings (SSSR count). The second-order valence-corrected chi connectivity index (χ2v) is 12.3. The third-order valence-corrected chi connectivity index (χ3v) is 9.09. The van der Waals surface area contributed by atoms with E-state index in [9.17, 15) is 22.8 Å². The summed E-state index contributed by atoms with van der Waals surface area (Å²) in [6, 6.07) is 8.93. The Kier molecular flexibility index (Phi) is 8.76. The molecule has 1 aromatic heterocycles. The zero-order valence-electron chi connectivity index (χ0n) is 24.5. The molecule has 9 nitrogen and oxygen atoms in total. The minimum absolute atomic E-state index is 0.204. The monoisotopic (exact) mass is 632 g/mol. The second kappa shape index (κ2) is 12.6. The minimum Gasteiger partial charge on any atom is -0.406 e. The van der Waals surface area contributed by atoms with Crippen molar-refractivity contribution in [2.24, 2.45) is 0 Å². The van der Waals surface area contributed by atoms with Crippen LogP contribution in [0.3, 0.4) is 0 Å². The maximum absolute atomic E-state index is 12.4. The number of aromatic nitrogens is 1. The summed E-state index contributed by atoms with van der Waals surface area (Å²) >= 11 is 6.69. The molecule has 2 aromatic carbocycles. The number of likely N-dealkylation sites (tertiary alicyclic amines) is 1. The first-order chi connectivity index (χ1) is 21.1. The number of nitrogens with zero attached hydrogens (tertiary/aromatic N) is 4. The standard InChI is InChI=1S/C31H36ClF3N6O3/c1-2-22-18-40(30-25(32)15-21(16-36-30)38-27-26(28(42)29(27)43)37-20-5-6-20)13-14-41(22)23-9-11-39(12-10-23)17-19-3-7-24(8-4-19)44-31(33,34)35/h3-4,7-8,15-16,20,22-23,37-38H,2,5-6,9-14,17-18H2,1H3/t22-/m0/s1. The molecule has 2 aliphatic heterocycles. The normalized spacial score (nSPS) is 20.7. The molecule has 236 valence electrons. The first-order valence-electron chi connectivity index (χ1n) is 15.2. The molecule has 0 amide bonds. The minimum atomic E-state index is -4.69. The van der Waals surface area contributed by atoms with Gasteiger partial charge >= 0.3 is 6.36 Å². The summed E-state index contributed by atoms with van der Waals surface area (Å²) in [4.78, 5) is 36.0. The van der Waals surface area contributed by atoms with Crippen molar-refractivity contribution in [3.63, 3.8) is 0 Å². The van der Waals surface area contributed by atoms with Crippen molar-refractivity contribution in [2.75, 3.05) is 48.3 Å². The van der Waals surface area contributed by atoms with Crippen LogP contribution in [0.25, 0.3) is 0 Å². The van der Waals surface area contributed by atoms with E-state index >= 15 is 0 Å². The van der Waals surface area contributed by atoms with Gasteiger partial charge in [-0.3, -0.25) is 19.4 Å². The molecular formula is C31H36ClF3N6O3. The van der Waals surface area contributed by atoms with Gasteiger partial charge in [-0.2, -0.15) is 0 Å². The lowest BCUT2D eigenvalue weighted by atomic mass is 9.98. The molecule has 3 heterocycles. The van der Waals surface area contributed by atoms with Crippen molar-refractivity contribution in [3.8, 4) is 5.75 Å². The van der Waals surface area contributed by atoms with Crippen LogP contribution < -0.4 is 31.1 Å². The Hall–Kier alpha value is -3.35. The number of ether oxygens (including phenoxy) is 1. The van der Waals surface area contributed by atoms with Gasteiger partial charge in [-0.05, 0) is 69.0 Å². The highest BCUT2D eigenvalue weighted by atomic mass is 35.5. The number of pyridine rings is 1. The van der Waals surface area contributed by atoms with Crippen molar-refractivity contribution < 1.29 is 17.9 Å². The van der Waals surface area contributed by atoms with Gasteiger partial charge in [-0.25, -0.2) is 4.98 Å². The highest BCUT2D eigenvalue weighted by Crippen LogP contribution is 2.33. The first kappa shape index (κ1) is 30.7. The molecule has 13 heteroatoms. The summed E-state index contributed by atoms with van der Waals surface area (Å²) in [6.07, 6.45) is 2.00. The maximum atomic E-state index is 12.4. The highest BCUT2D eigenvalue weighted by Gasteiger charge is 2.35. The number of hydrogen-bond acceptors (Lipinski definition) is 9. The van der Waals surface area contributed by atoms with Crippen molar-refractivity contribution >= 4 is 34.5 Å². The summed E-state index contributed by atoms with van der Waals surface area (Å²) < 4.78 is 41.3. The molecule has 3 fully saturated rings. The number of hydrogen-bond donors (Lipinski definition) is 2. The van der Waals surface area contributed by atoms with Gasteiger partial charge in [-0.15, -0.1) is 13.2 Å². The average molecular weight is 633 g/mol. The van der Waals surface area contributed by atoms with E-state index in [2.05, 4.69) is 42.0 Å². The molecule has 2 N–H and O–H groups in total. The smallest absolute Gasteiger partial charge is 0.406 e. The Labute approximate surface area is 258 Å². The van der Waals surface area contributed by atoms with E-state index in [1.54, 1.807) is 24.4 Å². The Morgan fingerprint density at radius 3 is 2.34 bits per heavy atom. The summed E-state index contributed by atoms with van der Waals surface area (Å²) in [5.41, 5.74) is 1.12. The van der Waals surface area contributed by atoms with Gasteiger partial charge in [0.15, 0.2) is 0 Å². The summed E-state index contributed by atoms with van der Waals surface area (Å²) in [5, 5.41) is 6.64. The second-order valence-electron chi connectivity index (χ2n) is 11.9. The Balaban J connectivity index is 1.01. The molecule has 1 atom stereocenters. The SMILES string of the molecule is CC[C@H]1CN(c2ncc(Nc3c(NC4CC4)c(=O)c3=O)cc2Cl)CCN1C1CCN(Cc2ccc(OC(F)(F)F)cc2)CC1. The number of alkyl halides is 3. The molecule has 0 radical (unpaired) electrons. The fourth-order valence-corrected chi connectivity index (χ4v) is 6.61. The van der Waals surface area contributed by atoms with E-state index in [0.29, 0.717) is 40.8 Å². The lowest BCUT2D eigenvalue weighted by Gasteiger charge is -2.47. The van der Waals surface area contributed by atoms with Gasteiger partial charge < -0.3 is 20.3 Å². The summed E-state index contributed by atoms with van der Waals surface area (Å²) in [7, 11) is 0. The summed E-state index contributed by atoms with van der Waals surface area (Å²) in [6.45, 7) is 7.22. The topological polar surface area (TPSA) is 90.0 Å².